The van der Waals surface area contributed by atoms with Crippen molar-refractivity contribution in [1.82, 2.24) is 40.3 Å². The van der Waals surface area contributed by atoms with Gasteiger partial charge in [0.15, 0.2) is 0 Å². The lowest BCUT2D eigenvalue weighted by atomic mass is 10.1. The van der Waals surface area contributed by atoms with Crippen molar-refractivity contribution < 1.29 is 4.79 Å². The van der Waals surface area contributed by atoms with Crippen molar-refractivity contribution in [3.8, 4) is 5.69 Å². The van der Waals surface area contributed by atoms with Crippen LogP contribution in [0.2, 0.25) is 5.02 Å². The monoisotopic (exact) mass is 489 g/mol. The van der Waals surface area contributed by atoms with E-state index in [0.29, 0.717) is 17.1 Å². The first-order valence-corrected chi connectivity index (χ1v) is 12.0. The molecule has 178 valence electrons. The smallest absolute Gasteiger partial charge is 0.254 e. The highest BCUT2D eigenvalue weighted by atomic mass is 35.5. The maximum atomic E-state index is 12.8. The fourth-order valence-corrected chi connectivity index (χ4v) is 4.91. The molecule has 0 radical (unpaired) electrons. The number of carbonyl (C=O) groups excluding carboxylic acids is 1. The standard InChI is InChI=1S/C24H24ClN9O/c1-15-16(2-5-23(29-15)32-10-18-6-19(18)11-32)12-33-13-20(9-28-33)24(35)26-8-17-7-21(25)3-4-22(17)34-14-27-30-31-34/h2-5,7,9,13-14,18-19H,6,8,10-12H2,1H3,(H,26,35). The molecule has 1 aliphatic carbocycles. The summed E-state index contributed by atoms with van der Waals surface area (Å²) in [5.74, 6) is 2.57. The molecular formula is C24H24ClN9O. The molecule has 11 heteroatoms. The summed E-state index contributed by atoms with van der Waals surface area (Å²) in [4.78, 5) is 20.0. The zero-order valence-electron chi connectivity index (χ0n) is 19.2. The van der Waals surface area contributed by atoms with E-state index < -0.39 is 0 Å². The molecule has 0 bridgehead atoms. The minimum absolute atomic E-state index is 0.225. The van der Waals surface area contributed by atoms with Gasteiger partial charge in [-0.25, -0.2) is 9.67 Å². The summed E-state index contributed by atoms with van der Waals surface area (Å²) < 4.78 is 3.29. The minimum Gasteiger partial charge on any atom is -0.356 e. The van der Waals surface area contributed by atoms with Crippen LogP contribution < -0.4 is 10.2 Å². The van der Waals surface area contributed by atoms with Crippen molar-refractivity contribution in [2.45, 2.75) is 26.4 Å². The number of tetrazole rings is 1. The Labute approximate surface area is 206 Å². The predicted octanol–water partition coefficient (Wildman–Crippen LogP) is 2.65. The number of hydrogen-bond donors (Lipinski definition) is 1. The quantitative estimate of drug-likeness (QED) is 0.425. The van der Waals surface area contributed by atoms with Crippen molar-refractivity contribution in [3.05, 3.63) is 76.5 Å². The average Bonchev–Trinajstić information content (AvgIpc) is 3.31. The van der Waals surface area contributed by atoms with Crippen molar-refractivity contribution in [1.29, 1.82) is 0 Å². The lowest BCUT2D eigenvalue weighted by Gasteiger charge is -2.20. The summed E-state index contributed by atoms with van der Waals surface area (Å²) >= 11 is 6.16. The van der Waals surface area contributed by atoms with Gasteiger partial charge in [-0.1, -0.05) is 17.7 Å². The maximum Gasteiger partial charge on any atom is 0.254 e. The number of hydrogen-bond acceptors (Lipinski definition) is 7. The summed E-state index contributed by atoms with van der Waals surface area (Å²) in [7, 11) is 0. The molecule has 1 amide bonds. The lowest BCUT2D eigenvalue weighted by Crippen LogP contribution is -2.23. The normalized spacial score (nSPS) is 18.5. The van der Waals surface area contributed by atoms with Gasteiger partial charge in [0.1, 0.15) is 12.1 Å². The van der Waals surface area contributed by atoms with Crippen LogP contribution in [0.25, 0.3) is 5.69 Å². The van der Waals surface area contributed by atoms with Crippen LogP contribution in [0.5, 0.6) is 0 Å². The number of aromatic nitrogens is 7. The fraction of sp³-hybridized carbons (Fsp3) is 0.333. The number of halogens is 1. The van der Waals surface area contributed by atoms with Gasteiger partial charge >= 0.3 is 0 Å². The molecule has 4 heterocycles. The molecule has 2 aliphatic rings. The van der Waals surface area contributed by atoms with Crippen LogP contribution in [0.1, 0.15) is 33.6 Å². The van der Waals surface area contributed by atoms with Gasteiger partial charge in [0.05, 0.1) is 24.0 Å². The first kappa shape index (κ1) is 21.7. The van der Waals surface area contributed by atoms with Crippen molar-refractivity contribution >= 4 is 23.3 Å². The van der Waals surface area contributed by atoms with Gasteiger partial charge in [-0.05, 0) is 71.0 Å². The highest BCUT2D eigenvalue weighted by molar-refractivity contribution is 6.30. The Morgan fingerprint density at radius 1 is 1.17 bits per heavy atom. The molecule has 1 aliphatic heterocycles. The number of carbonyl (C=O) groups is 1. The molecule has 2 atom stereocenters. The van der Waals surface area contributed by atoms with E-state index in [1.165, 1.54) is 17.4 Å². The van der Waals surface area contributed by atoms with E-state index in [1.807, 2.05) is 13.0 Å². The number of pyridine rings is 1. The molecule has 0 spiro atoms. The average molecular weight is 490 g/mol. The van der Waals surface area contributed by atoms with Crippen LogP contribution >= 0.6 is 11.6 Å². The van der Waals surface area contributed by atoms with Gasteiger partial charge < -0.3 is 10.2 Å². The fourth-order valence-electron chi connectivity index (χ4n) is 4.72. The third-order valence-corrected chi connectivity index (χ3v) is 7.02. The molecule has 2 unspecified atom stereocenters. The maximum absolute atomic E-state index is 12.8. The Morgan fingerprint density at radius 3 is 2.80 bits per heavy atom. The van der Waals surface area contributed by atoms with E-state index in [9.17, 15) is 4.79 Å². The number of nitrogens with zero attached hydrogens (tertiary/aromatic N) is 8. The van der Waals surface area contributed by atoms with Gasteiger partial charge in [-0.15, -0.1) is 5.10 Å². The molecular weight excluding hydrogens is 466 g/mol. The molecule has 1 aromatic carbocycles. The van der Waals surface area contributed by atoms with Crippen molar-refractivity contribution in [3.63, 3.8) is 0 Å². The minimum atomic E-state index is -0.225. The van der Waals surface area contributed by atoms with E-state index in [4.69, 9.17) is 16.6 Å². The molecule has 10 nitrogen and oxygen atoms in total. The molecule has 3 aromatic heterocycles. The van der Waals surface area contributed by atoms with Crippen LogP contribution in [0, 0.1) is 18.8 Å². The van der Waals surface area contributed by atoms with E-state index in [1.54, 1.807) is 29.2 Å². The van der Waals surface area contributed by atoms with Gasteiger partial charge in [0.2, 0.25) is 0 Å². The Morgan fingerprint density at radius 2 is 2.03 bits per heavy atom. The zero-order chi connectivity index (χ0) is 23.9. The second kappa shape index (κ2) is 8.77. The van der Waals surface area contributed by atoms with Gasteiger partial charge in [0.25, 0.3) is 5.91 Å². The predicted molar refractivity (Wildman–Crippen MR) is 129 cm³/mol. The Balaban J connectivity index is 1.10. The van der Waals surface area contributed by atoms with Crippen molar-refractivity contribution in [2.75, 3.05) is 18.0 Å². The highest BCUT2D eigenvalue weighted by Gasteiger charge is 2.45. The molecule has 1 saturated heterocycles. The second-order valence-electron chi connectivity index (χ2n) is 9.21. The molecule has 1 saturated carbocycles. The summed E-state index contributed by atoms with van der Waals surface area (Å²) in [5, 5.41) is 19.1. The SMILES string of the molecule is Cc1nc(N2CC3CC3C2)ccc1Cn1cc(C(=O)NCc2cc(Cl)ccc2-n2cnnn2)cn1. The van der Waals surface area contributed by atoms with Gasteiger partial charge in [0, 0.05) is 36.5 Å². The summed E-state index contributed by atoms with van der Waals surface area (Å²) in [6.45, 7) is 5.10. The number of rotatable bonds is 7. The van der Waals surface area contributed by atoms with Crippen LogP contribution in [-0.4, -0.2) is 54.0 Å². The van der Waals surface area contributed by atoms with E-state index in [0.717, 1.165) is 53.3 Å². The second-order valence-corrected chi connectivity index (χ2v) is 9.65. The number of fused-ring (bicyclic) bond motifs is 1. The summed E-state index contributed by atoms with van der Waals surface area (Å²) in [6.07, 6.45) is 6.19. The summed E-state index contributed by atoms with van der Waals surface area (Å²) in [6, 6.07) is 9.56. The van der Waals surface area contributed by atoms with Crippen LogP contribution in [-0.2, 0) is 13.1 Å². The largest absolute Gasteiger partial charge is 0.356 e. The lowest BCUT2D eigenvalue weighted by molar-refractivity contribution is 0.0951. The summed E-state index contributed by atoms with van der Waals surface area (Å²) in [5.41, 5.74) is 4.09. The van der Waals surface area contributed by atoms with Crippen LogP contribution in [0.3, 0.4) is 0 Å². The Hall–Kier alpha value is -3.79. The Bertz CT molecular complexity index is 1370. The third-order valence-electron chi connectivity index (χ3n) is 6.79. The topological polar surface area (TPSA) is 107 Å². The first-order chi connectivity index (χ1) is 17.0. The van der Waals surface area contributed by atoms with E-state index in [-0.39, 0.29) is 12.5 Å². The van der Waals surface area contributed by atoms with Gasteiger partial charge in [-0.2, -0.15) is 5.10 Å². The number of anilines is 1. The molecule has 35 heavy (non-hydrogen) atoms. The highest BCUT2D eigenvalue weighted by Crippen LogP contribution is 2.45. The van der Waals surface area contributed by atoms with E-state index in [2.05, 4.69) is 43.0 Å². The number of benzene rings is 1. The van der Waals surface area contributed by atoms with Crippen LogP contribution in [0.15, 0.2) is 49.1 Å². The number of amides is 1. The molecule has 6 rings (SSSR count). The van der Waals surface area contributed by atoms with Crippen LogP contribution in [0.4, 0.5) is 5.82 Å². The molecule has 1 N–H and O–H groups in total. The number of nitrogens with one attached hydrogen (secondary N) is 1. The molecule has 2 fully saturated rings. The number of piperidine rings is 1. The third kappa shape index (κ3) is 4.49. The Kier molecular flexibility index (Phi) is 5.44. The van der Waals surface area contributed by atoms with Crippen molar-refractivity contribution in [2.24, 2.45) is 11.8 Å². The van der Waals surface area contributed by atoms with Gasteiger partial charge in [-0.3, -0.25) is 9.48 Å². The van der Waals surface area contributed by atoms with E-state index >= 15 is 0 Å². The number of aryl methyl sites for hydroxylation is 1. The molecule has 4 aromatic rings. The zero-order valence-corrected chi connectivity index (χ0v) is 19.9. The first-order valence-electron chi connectivity index (χ1n) is 11.6.